The van der Waals surface area contributed by atoms with Crippen molar-refractivity contribution in [2.45, 2.75) is 39.7 Å². The van der Waals surface area contributed by atoms with Crippen molar-refractivity contribution in [3.05, 3.63) is 23.4 Å². The summed E-state index contributed by atoms with van der Waals surface area (Å²) in [5, 5.41) is 6.67. The average molecular weight is 265 g/mol. The third-order valence-electron chi connectivity index (χ3n) is 2.84. The molecule has 0 saturated carbocycles. The number of ether oxygens (including phenoxy) is 1. The lowest BCUT2D eigenvalue weighted by molar-refractivity contribution is 0.210. The van der Waals surface area contributed by atoms with E-state index in [0.29, 0.717) is 6.61 Å². The molecule has 0 amide bonds. The molecule has 0 aliphatic heterocycles. The highest BCUT2D eigenvalue weighted by atomic mass is 16.5. The van der Waals surface area contributed by atoms with E-state index in [-0.39, 0.29) is 5.41 Å². The molecule has 1 aromatic heterocycles. The minimum atomic E-state index is 0.0555. The number of nitrogens with zero attached hydrogens (tertiary/aromatic N) is 1. The van der Waals surface area contributed by atoms with Crippen LogP contribution < -0.4 is 10.6 Å². The van der Waals surface area contributed by atoms with Crippen molar-refractivity contribution < 1.29 is 4.74 Å². The molecule has 1 heterocycles. The minimum Gasteiger partial charge on any atom is -0.383 e. The van der Waals surface area contributed by atoms with E-state index < -0.39 is 0 Å². The summed E-state index contributed by atoms with van der Waals surface area (Å²) >= 11 is 0. The van der Waals surface area contributed by atoms with E-state index in [1.54, 1.807) is 7.11 Å². The summed E-state index contributed by atoms with van der Waals surface area (Å²) < 4.78 is 5.05. The number of rotatable bonds is 7. The molecule has 0 bridgehead atoms. The van der Waals surface area contributed by atoms with Gasteiger partial charge in [-0.3, -0.25) is 0 Å². The number of methoxy groups -OCH3 is 1. The summed E-state index contributed by atoms with van der Waals surface area (Å²) in [7, 11) is 1.71. The zero-order chi connectivity index (χ0) is 14.3. The van der Waals surface area contributed by atoms with Crippen LogP contribution in [-0.4, -0.2) is 31.8 Å². The normalized spacial score (nSPS) is 11.6. The monoisotopic (exact) mass is 265 g/mol. The first-order valence-electron chi connectivity index (χ1n) is 6.92. The Morgan fingerprint density at radius 3 is 2.58 bits per heavy atom. The smallest absolute Gasteiger partial charge is 0.126 e. The van der Waals surface area contributed by atoms with Crippen LogP contribution in [0.3, 0.4) is 0 Å². The molecule has 1 rings (SSSR count). The van der Waals surface area contributed by atoms with Crippen LogP contribution in [0.2, 0.25) is 0 Å². The fourth-order valence-corrected chi connectivity index (χ4v) is 1.71. The molecule has 0 fully saturated rings. The maximum atomic E-state index is 5.05. The first kappa shape index (κ1) is 15.9. The number of nitrogens with one attached hydrogen (secondary N) is 2. The van der Waals surface area contributed by atoms with Gasteiger partial charge >= 0.3 is 0 Å². The van der Waals surface area contributed by atoms with Crippen molar-refractivity contribution in [1.82, 2.24) is 10.3 Å². The summed E-state index contributed by atoms with van der Waals surface area (Å²) in [5.41, 5.74) is 2.43. The Hall–Kier alpha value is -1.13. The molecule has 0 radical (unpaired) electrons. The molecule has 0 atom stereocenters. The van der Waals surface area contributed by atoms with E-state index in [1.165, 1.54) is 5.56 Å². The molecule has 0 aliphatic carbocycles. The molecule has 19 heavy (non-hydrogen) atoms. The fourth-order valence-electron chi connectivity index (χ4n) is 1.71. The highest BCUT2D eigenvalue weighted by Crippen LogP contribution is 2.23. The van der Waals surface area contributed by atoms with Crippen molar-refractivity contribution in [3.8, 4) is 0 Å². The van der Waals surface area contributed by atoms with Gasteiger partial charge < -0.3 is 15.4 Å². The van der Waals surface area contributed by atoms with Crippen LogP contribution in [0, 0.1) is 0 Å². The lowest BCUT2D eigenvalue weighted by Crippen LogP contribution is -2.18. The number of hydrogen-bond acceptors (Lipinski definition) is 4. The summed E-state index contributed by atoms with van der Waals surface area (Å²) in [6, 6.07) is 4.29. The van der Waals surface area contributed by atoms with Gasteiger partial charge in [-0.2, -0.15) is 0 Å². The van der Waals surface area contributed by atoms with Crippen molar-refractivity contribution in [1.29, 1.82) is 0 Å². The molecule has 108 valence electrons. The van der Waals surface area contributed by atoms with E-state index in [9.17, 15) is 0 Å². The van der Waals surface area contributed by atoms with E-state index in [0.717, 1.165) is 31.1 Å². The molecule has 2 N–H and O–H groups in total. The molecule has 0 unspecified atom stereocenters. The van der Waals surface area contributed by atoms with E-state index >= 15 is 0 Å². The van der Waals surface area contributed by atoms with Gasteiger partial charge in [-0.1, -0.05) is 27.7 Å². The summed E-state index contributed by atoms with van der Waals surface area (Å²) in [4.78, 5) is 4.69. The second-order valence-corrected chi connectivity index (χ2v) is 5.70. The Morgan fingerprint density at radius 2 is 2.00 bits per heavy atom. The second-order valence-electron chi connectivity index (χ2n) is 5.70. The zero-order valence-electron chi connectivity index (χ0n) is 12.8. The average Bonchev–Trinajstić information content (AvgIpc) is 2.35. The van der Waals surface area contributed by atoms with Crippen LogP contribution in [0.25, 0.3) is 0 Å². The SMILES string of the molecule is CCNCc1cc(NCCOC)nc(C(C)(C)C)c1. The van der Waals surface area contributed by atoms with Crippen molar-refractivity contribution in [3.63, 3.8) is 0 Å². The Morgan fingerprint density at radius 1 is 1.26 bits per heavy atom. The topological polar surface area (TPSA) is 46.2 Å². The Labute approximate surface area is 117 Å². The fraction of sp³-hybridized carbons (Fsp3) is 0.667. The molecular weight excluding hydrogens is 238 g/mol. The van der Waals surface area contributed by atoms with E-state index in [2.05, 4.69) is 50.5 Å². The molecular formula is C15H27N3O. The van der Waals surface area contributed by atoms with Crippen LogP contribution in [0.4, 0.5) is 5.82 Å². The van der Waals surface area contributed by atoms with Crippen molar-refractivity contribution in [2.75, 3.05) is 32.1 Å². The molecule has 0 aliphatic rings. The Bertz CT molecular complexity index is 385. The maximum Gasteiger partial charge on any atom is 0.126 e. The molecule has 4 nitrogen and oxygen atoms in total. The van der Waals surface area contributed by atoms with Crippen molar-refractivity contribution in [2.24, 2.45) is 0 Å². The predicted octanol–water partition coefficient (Wildman–Crippen LogP) is 2.55. The van der Waals surface area contributed by atoms with Crippen LogP contribution in [-0.2, 0) is 16.7 Å². The molecule has 1 aromatic rings. The summed E-state index contributed by atoms with van der Waals surface area (Å²) in [6.07, 6.45) is 0. The highest BCUT2D eigenvalue weighted by Gasteiger charge is 2.17. The molecule has 0 aromatic carbocycles. The maximum absolute atomic E-state index is 5.05. The largest absolute Gasteiger partial charge is 0.383 e. The Balaban J connectivity index is 2.89. The number of hydrogen-bond donors (Lipinski definition) is 2. The highest BCUT2D eigenvalue weighted by molar-refractivity contribution is 5.41. The standard InChI is InChI=1S/C15H27N3O/c1-6-16-11-12-9-13(15(2,3)4)18-14(10-12)17-7-8-19-5/h9-10,16H,6-8,11H2,1-5H3,(H,17,18). The van der Waals surface area contributed by atoms with Gasteiger partial charge in [0.15, 0.2) is 0 Å². The zero-order valence-corrected chi connectivity index (χ0v) is 12.8. The quantitative estimate of drug-likeness (QED) is 0.744. The van der Waals surface area contributed by atoms with Gasteiger partial charge in [-0.05, 0) is 24.2 Å². The lowest BCUT2D eigenvalue weighted by Gasteiger charge is -2.20. The number of aromatic nitrogens is 1. The van der Waals surface area contributed by atoms with Crippen LogP contribution in [0.1, 0.15) is 39.0 Å². The van der Waals surface area contributed by atoms with Crippen LogP contribution in [0.15, 0.2) is 12.1 Å². The van der Waals surface area contributed by atoms with E-state index in [4.69, 9.17) is 9.72 Å². The second kappa shape index (κ2) is 7.46. The molecule has 0 saturated heterocycles. The summed E-state index contributed by atoms with van der Waals surface area (Å²) in [5.74, 6) is 0.928. The van der Waals surface area contributed by atoms with Gasteiger partial charge in [0, 0.05) is 31.3 Å². The van der Waals surface area contributed by atoms with Gasteiger partial charge in [0.2, 0.25) is 0 Å². The molecule has 0 spiro atoms. The van der Waals surface area contributed by atoms with Gasteiger partial charge in [-0.25, -0.2) is 4.98 Å². The number of pyridine rings is 1. The van der Waals surface area contributed by atoms with Gasteiger partial charge in [-0.15, -0.1) is 0 Å². The predicted molar refractivity (Wildman–Crippen MR) is 80.7 cm³/mol. The van der Waals surface area contributed by atoms with Crippen molar-refractivity contribution >= 4 is 5.82 Å². The first-order valence-corrected chi connectivity index (χ1v) is 6.92. The third-order valence-corrected chi connectivity index (χ3v) is 2.84. The molecule has 4 heteroatoms. The van der Waals surface area contributed by atoms with Crippen LogP contribution in [0.5, 0.6) is 0 Å². The van der Waals surface area contributed by atoms with Crippen LogP contribution >= 0.6 is 0 Å². The lowest BCUT2D eigenvalue weighted by atomic mass is 9.90. The van der Waals surface area contributed by atoms with E-state index in [1.807, 2.05) is 0 Å². The van der Waals surface area contributed by atoms with Gasteiger partial charge in [0.1, 0.15) is 5.82 Å². The Kier molecular flexibility index (Phi) is 6.25. The number of anilines is 1. The summed E-state index contributed by atoms with van der Waals surface area (Å²) in [6.45, 7) is 12.0. The minimum absolute atomic E-state index is 0.0555. The van der Waals surface area contributed by atoms with Gasteiger partial charge in [0.25, 0.3) is 0 Å². The third kappa shape index (κ3) is 5.57. The first-order chi connectivity index (χ1) is 8.97. The van der Waals surface area contributed by atoms with Gasteiger partial charge in [0.05, 0.1) is 6.61 Å².